The number of rotatable bonds is 6. The van der Waals surface area contributed by atoms with Gasteiger partial charge in [-0.15, -0.1) is 0 Å². The number of H-pyrrole nitrogens is 1. The summed E-state index contributed by atoms with van der Waals surface area (Å²) in [7, 11) is 1.49. The van der Waals surface area contributed by atoms with E-state index >= 15 is 4.39 Å². The van der Waals surface area contributed by atoms with E-state index in [2.05, 4.69) is 20.5 Å². The highest BCUT2D eigenvalue weighted by molar-refractivity contribution is 6.01. The van der Waals surface area contributed by atoms with Gasteiger partial charge in [0.2, 0.25) is 0 Å². The smallest absolute Gasteiger partial charge is 0.412 e. The summed E-state index contributed by atoms with van der Waals surface area (Å²) in [5.41, 5.74) is 2.12. The summed E-state index contributed by atoms with van der Waals surface area (Å²) in [6, 6.07) is 14.3. The molecular weight excluding hydrogens is 482 g/mol. The van der Waals surface area contributed by atoms with E-state index in [9.17, 15) is 14.0 Å². The molecule has 0 radical (unpaired) electrons. The first-order valence-corrected chi connectivity index (χ1v) is 11.5. The number of aromatic amines is 1. The Bertz CT molecular complexity index is 1600. The standard InChI is InChI=1S/C27H22F2N4O4/c1-36-8-9-37-27(35)31-25-13-16-12-22(29)20(14-23(16)30-25)19-10-15(6-7-21(19)28)11-24-17-4-2-3-5-18(17)26(34)33-32-24/h2-7,10,12,14H,8-9,11,13H2,1H3,(H,33,34)(H,30,31,35). The fourth-order valence-corrected chi connectivity index (χ4v) is 4.25. The molecule has 37 heavy (non-hydrogen) atoms. The minimum absolute atomic E-state index is 0.0463. The number of aromatic nitrogens is 2. The Labute approximate surface area is 210 Å². The van der Waals surface area contributed by atoms with E-state index in [1.165, 1.54) is 25.3 Å². The summed E-state index contributed by atoms with van der Waals surface area (Å²) in [6.07, 6.45) is -0.181. The van der Waals surface area contributed by atoms with E-state index in [4.69, 9.17) is 9.47 Å². The van der Waals surface area contributed by atoms with E-state index in [1.54, 1.807) is 30.3 Å². The summed E-state index contributed by atoms with van der Waals surface area (Å²) in [4.78, 5) is 28.3. The van der Waals surface area contributed by atoms with E-state index in [0.29, 0.717) is 45.5 Å². The topological polar surface area (TPSA) is 106 Å². The zero-order valence-electron chi connectivity index (χ0n) is 19.8. The van der Waals surface area contributed by atoms with Crippen LogP contribution in [0.2, 0.25) is 0 Å². The number of carbonyl (C=O) groups is 1. The molecule has 0 aliphatic carbocycles. The van der Waals surface area contributed by atoms with E-state index in [0.717, 1.165) is 0 Å². The highest BCUT2D eigenvalue weighted by Gasteiger charge is 2.22. The molecule has 1 aromatic heterocycles. The third-order valence-electron chi connectivity index (χ3n) is 6.02. The van der Waals surface area contributed by atoms with Gasteiger partial charge in [-0.25, -0.2) is 23.7 Å². The van der Waals surface area contributed by atoms with E-state index < -0.39 is 17.7 Å². The molecule has 0 saturated carbocycles. The lowest BCUT2D eigenvalue weighted by molar-refractivity contribution is 0.102. The van der Waals surface area contributed by atoms with Gasteiger partial charge in [0, 0.05) is 36.5 Å². The summed E-state index contributed by atoms with van der Waals surface area (Å²) in [6.45, 7) is 0.342. The molecular formula is C27H22F2N4O4. The second-order valence-electron chi connectivity index (χ2n) is 8.49. The van der Waals surface area contributed by atoms with Gasteiger partial charge in [0.05, 0.1) is 23.4 Å². The summed E-state index contributed by atoms with van der Waals surface area (Å²) in [5.74, 6) is -0.898. The molecule has 8 nitrogen and oxygen atoms in total. The van der Waals surface area contributed by atoms with Gasteiger partial charge in [-0.2, -0.15) is 5.10 Å². The predicted molar refractivity (Wildman–Crippen MR) is 134 cm³/mol. The minimum Gasteiger partial charge on any atom is -0.447 e. The quantitative estimate of drug-likeness (QED) is 0.378. The van der Waals surface area contributed by atoms with Crippen LogP contribution in [0.15, 0.2) is 64.4 Å². The summed E-state index contributed by atoms with van der Waals surface area (Å²) < 4.78 is 39.8. The van der Waals surface area contributed by atoms with Gasteiger partial charge >= 0.3 is 6.09 Å². The number of aliphatic imine (C=N–C) groups is 1. The number of alkyl carbamates (subject to hydrolysis) is 1. The van der Waals surface area contributed by atoms with Gasteiger partial charge in [-0.05, 0) is 41.5 Å². The molecule has 1 amide bonds. The molecule has 10 heteroatoms. The van der Waals surface area contributed by atoms with Crippen LogP contribution in [0.1, 0.15) is 16.8 Å². The van der Waals surface area contributed by atoms with Crippen LogP contribution < -0.4 is 10.9 Å². The number of ether oxygens (including phenoxy) is 2. The van der Waals surface area contributed by atoms with Crippen molar-refractivity contribution < 1.29 is 23.0 Å². The number of nitrogens with one attached hydrogen (secondary N) is 2. The van der Waals surface area contributed by atoms with Crippen molar-refractivity contribution in [3.63, 3.8) is 0 Å². The maximum Gasteiger partial charge on any atom is 0.412 e. The average molecular weight is 504 g/mol. The van der Waals surface area contributed by atoms with Crippen LogP contribution in [0.3, 0.4) is 0 Å². The second-order valence-corrected chi connectivity index (χ2v) is 8.49. The number of carbonyl (C=O) groups excluding carboxylic acids is 1. The Morgan fingerprint density at radius 1 is 1.03 bits per heavy atom. The van der Waals surface area contributed by atoms with Gasteiger partial charge in [-0.3, -0.25) is 10.1 Å². The molecule has 0 spiro atoms. The molecule has 188 valence electrons. The maximum absolute atomic E-state index is 15.1. The fraction of sp³-hybridized carbons (Fsp3) is 0.185. The first-order chi connectivity index (χ1) is 17.9. The Kier molecular flexibility index (Phi) is 6.74. The third-order valence-corrected chi connectivity index (χ3v) is 6.02. The van der Waals surface area contributed by atoms with Crippen LogP contribution in [-0.2, 0) is 22.3 Å². The molecule has 0 fully saturated rings. The van der Waals surface area contributed by atoms with Crippen molar-refractivity contribution in [2.24, 2.45) is 4.99 Å². The number of hydrogen-bond donors (Lipinski definition) is 2. The molecule has 0 bridgehead atoms. The SMILES string of the molecule is COCCOC(=O)NC1=Nc2cc(-c3cc(Cc4n[nH]c(=O)c5ccccc45)ccc3F)c(F)cc2C1. The van der Waals surface area contributed by atoms with Crippen molar-refractivity contribution in [2.45, 2.75) is 12.8 Å². The molecule has 3 aromatic carbocycles. The number of hydrogen-bond acceptors (Lipinski definition) is 6. The summed E-state index contributed by atoms with van der Waals surface area (Å²) in [5, 5.41) is 10.4. The van der Waals surface area contributed by atoms with Crippen LogP contribution in [0.25, 0.3) is 21.9 Å². The Morgan fingerprint density at radius 2 is 1.81 bits per heavy atom. The number of benzene rings is 3. The molecule has 0 atom stereocenters. The molecule has 2 N–H and O–H groups in total. The van der Waals surface area contributed by atoms with Gasteiger partial charge in [0.25, 0.3) is 5.56 Å². The minimum atomic E-state index is -0.688. The van der Waals surface area contributed by atoms with Gasteiger partial charge in [0.1, 0.15) is 24.1 Å². The van der Waals surface area contributed by atoms with Crippen molar-refractivity contribution in [1.82, 2.24) is 15.5 Å². The average Bonchev–Trinajstić information content (AvgIpc) is 3.27. The van der Waals surface area contributed by atoms with Crippen molar-refractivity contribution in [3.05, 3.63) is 93.4 Å². The molecule has 1 aliphatic heterocycles. The van der Waals surface area contributed by atoms with Crippen molar-refractivity contribution in [2.75, 3.05) is 20.3 Å². The highest BCUT2D eigenvalue weighted by atomic mass is 19.1. The lowest BCUT2D eigenvalue weighted by atomic mass is 9.97. The normalized spacial score (nSPS) is 12.4. The molecule has 0 saturated heterocycles. The lowest BCUT2D eigenvalue weighted by Crippen LogP contribution is -2.31. The molecule has 1 aliphatic rings. The monoisotopic (exact) mass is 504 g/mol. The first kappa shape index (κ1) is 24.3. The Morgan fingerprint density at radius 3 is 2.62 bits per heavy atom. The number of fused-ring (bicyclic) bond motifs is 2. The first-order valence-electron chi connectivity index (χ1n) is 11.5. The Balaban J connectivity index is 1.42. The van der Waals surface area contributed by atoms with Crippen LogP contribution in [-0.4, -0.2) is 42.4 Å². The highest BCUT2D eigenvalue weighted by Crippen LogP contribution is 2.35. The van der Waals surface area contributed by atoms with Gasteiger partial charge in [-0.1, -0.05) is 24.3 Å². The van der Waals surface area contributed by atoms with Crippen LogP contribution >= 0.6 is 0 Å². The molecule has 4 aromatic rings. The maximum atomic E-state index is 15.1. The van der Waals surface area contributed by atoms with Crippen molar-refractivity contribution in [1.29, 1.82) is 0 Å². The number of amides is 1. The number of amidine groups is 1. The number of methoxy groups -OCH3 is 1. The molecule has 5 rings (SSSR count). The molecule has 2 heterocycles. The van der Waals surface area contributed by atoms with Crippen molar-refractivity contribution in [3.8, 4) is 11.1 Å². The van der Waals surface area contributed by atoms with E-state index in [-0.39, 0.29) is 36.3 Å². The van der Waals surface area contributed by atoms with Crippen LogP contribution in [0.4, 0.5) is 19.3 Å². The van der Waals surface area contributed by atoms with Crippen LogP contribution in [0.5, 0.6) is 0 Å². The lowest BCUT2D eigenvalue weighted by Gasteiger charge is -2.10. The molecule has 0 unspecified atom stereocenters. The largest absolute Gasteiger partial charge is 0.447 e. The zero-order valence-corrected chi connectivity index (χ0v) is 19.8. The summed E-state index contributed by atoms with van der Waals surface area (Å²) >= 11 is 0. The predicted octanol–water partition coefficient (Wildman–Crippen LogP) is 4.42. The van der Waals surface area contributed by atoms with Gasteiger partial charge in [0.15, 0.2) is 0 Å². The third kappa shape index (κ3) is 5.10. The van der Waals surface area contributed by atoms with Crippen molar-refractivity contribution >= 4 is 28.4 Å². The number of nitrogens with zero attached hydrogens (tertiary/aromatic N) is 2. The van der Waals surface area contributed by atoms with E-state index in [1.807, 2.05) is 6.07 Å². The zero-order chi connectivity index (χ0) is 25.9. The fourth-order valence-electron chi connectivity index (χ4n) is 4.25. The van der Waals surface area contributed by atoms with Crippen LogP contribution in [0, 0.1) is 11.6 Å². The Hall–Kier alpha value is -4.44. The van der Waals surface area contributed by atoms with Gasteiger partial charge < -0.3 is 9.47 Å². The number of halogens is 2. The second kappa shape index (κ2) is 10.3.